The molecular formula is C14H21N5O4. The third kappa shape index (κ3) is 4.22. The van der Waals surface area contributed by atoms with E-state index in [0.717, 1.165) is 0 Å². The Morgan fingerprint density at radius 3 is 2.83 bits per heavy atom. The summed E-state index contributed by atoms with van der Waals surface area (Å²) in [6.07, 6.45) is 0.732. The summed E-state index contributed by atoms with van der Waals surface area (Å²) in [6, 6.07) is -0.438. The number of ether oxygens (including phenoxy) is 2. The molecule has 0 aromatic carbocycles. The average molecular weight is 323 g/mol. The van der Waals surface area contributed by atoms with Crippen LogP contribution in [0.25, 0.3) is 10.4 Å². The minimum atomic E-state index is -0.609. The van der Waals surface area contributed by atoms with Gasteiger partial charge in [-0.3, -0.25) is 14.3 Å². The van der Waals surface area contributed by atoms with Crippen LogP contribution in [-0.2, 0) is 9.47 Å². The number of H-pyrrole nitrogens is 1. The zero-order chi connectivity index (χ0) is 17.2. The van der Waals surface area contributed by atoms with Gasteiger partial charge in [0.25, 0.3) is 5.56 Å². The Bertz CT molecular complexity index is 726. The second kappa shape index (κ2) is 6.57. The van der Waals surface area contributed by atoms with Crippen molar-refractivity contribution in [2.45, 2.75) is 58.1 Å². The Hall–Kier alpha value is -2.09. The molecule has 3 atom stereocenters. The Kier molecular flexibility index (Phi) is 4.93. The van der Waals surface area contributed by atoms with Crippen molar-refractivity contribution in [2.75, 3.05) is 6.61 Å². The lowest BCUT2D eigenvalue weighted by Gasteiger charge is -2.23. The van der Waals surface area contributed by atoms with Gasteiger partial charge in [0.2, 0.25) is 0 Å². The molecular weight excluding hydrogens is 302 g/mol. The molecule has 1 aromatic heterocycles. The monoisotopic (exact) mass is 323 g/mol. The molecule has 23 heavy (non-hydrogen) atoms. The van der Waals surface area contributed by atoms with Crippen molar-refractivity contribution in [1.29, 1.82) is 0 Å². The number of hydrogen-bond acceptors (Lipinski definition) is 5. The van der Waals surface area contributed by atoms with Crippen LogP contribution in [0.2, 0.25) is 0 Å². The van der Waals surface area contributed by atoms with Gasteiger partial charge in [-0.1, -0.05) is 5.11 Å². The molecule has 0 bridgehead atoms. The van der Waals surface area contributed by atoms with Crippen LogP contribution in [0.3, 0.4) is 0 Å². The Balaban J connectivity index is 2.23. The Labute approximate surface area is 132 Å². The fourth-order valence-corrected chi connectivity index (χ4v) is 2.36. The third-order valence-corrected chi connectivity index (χ3v) is 3.54. The molecule has 1 aliphatic heterocycles. The average Bonchev–Trinajstić information content (AvgIpc) is 2.83. The summed E-state index contributed by atoms with van der Waals surface area (Å²) in [4.78, 5) is 28.5. The van der Waals surface area contributed by atoms with Gasteiger partial charge in [-0.2, -0.15) is 0 Å². The number of nitrogens with zero attached hydrogens (tertiary/aromatic N) is 4. The topological polar surface area (TPSA) is 122 Å². The zero-order valence-electron chi connectivity index (χ0n) is 13.6. The quantitative estimate of drug-likeness (QED) is 0.514. The van der Waals surface area contributed by atoms with Gasteiger partial charge in [-0.25, -0.2) is 4.79 Å². The summed E-state index contributed by atoms with van der Waals surface area (Å²) in [5.74, 6) is 0. The molecule has 1 fully saturated rings. The minimum absolute atomic E-state index is 0.251. The first-order valence-corrected chi connectivity index (χ1v) is 7.37. The summed E-state index contributed by atoms with van der Waals surface area (Å²) in [5, 5.41) is 3.74. The van der Waals surface area contributed by atoms with Crippen molar-refractivity contribution in [1.82, 2.24) is 9.55 Å². The number of nitrogens with one attached hydrogen (secondary N) is 1. The van der Waals surface area contributed by atoms with Gasteiger partial charge >= 0.3 is 5.69 Å². The van der Waals surface area contributed by atoms with Crippen molar-refractivity contribution in [2.24, 2.45) is 5.11 Å². The molecule has 1 unspecified atom stereocenters. The molecule has 126 valence electrons. The Morgan fingerprint density at radius 2 is 2.22 bits per heavy atom. The first-order valence-electron chi connectivity index (χ1n) is 7.37. The van der Waals surface area contributed by atoms with Crippen molar-refractivity contribution in [3.05, 3.63) is 43.0 Å². The lowest BCUT2D eigenvalue weighted by atomic mass is 10.1. The largest absolute Gasteiger partial charge is 0.373 e. The maximum absolute atomic E-state index is 12.0. The predicted molar refractivity (Wildman–Crippen MR) is 83.2 cm³/mol. The van der Waals surface area contributed by atoms with Crippen molar-refractivity contribution in [3.63, 3.8) is 0 Å². The number of hydrogen-bond donors (Lipinski definition) is 1. The summed E-state index contributed by atoms with van der Waals surface area (Å²) in [6.45, 7) is 7.60. The predicted octanol–water partition coefficient (Wildman–Crippen LogP) is 1.63. The van der Waals surface area contributed by atoms with Crippen LogP contribution < -0.4 is 11.2 Å². The van der Waals surface area contributed by atoms with E-state index >= 15 is 0 Å². The summed E-state index contributed by atoms with van der Waals surface area (Å²) in [7, 11) is 0. The van der Waals surface area contributed by atoms with Gasteiger partial charge in [0.05, 0.1) is 24.4 Å². The first-order chi connectivity index (χ1) is 10.7. The molecule has 1 N–H and O–H groups in total. The van der Waals surface area contributed by atoms with Crippen molar-refractivity contribution < 1.29 is 9.47 Å². The van der Waals surface area contributed by atoms with Crippen molar-refractivity contribution >= 4 is 0 Å². The van der Waals surface area contributed by atoms with E-state index in [0.29, 0.717) is 12.0 Å². The highest BCUT2D eigenvalue weighted by atomic mass is 16.6. The van der Waals surface area contributed by atoms with E-state index < -0.39 is 29.6 Å². The molecule has 1 aromatic rings. The number of azide groups is 1. The molecule has 0 radical (unpaired) electrons. The molecule has 0 spiro atoms. The summed E-state index contributed by atoms with van der Waals surface area (Å²) in [5.41, 5.74) is 7.78. The molecule has 0 amide bonds. The number of aryl methyl sites for hydroxylation is 1. The molecule has 2 rings (SSSR count). The molecule has 9 nitrogen and oxygen atoms in total. The van der Waals surface area contributed by atoms with E-state index in [-0.39, 0.29) is 12.2 Å². The number of aromatic amines is 1. The van der Waals surface area contributed by atoms with E-state index in [1.54, 1.807) is 6.92 Å². The van der Waals surface area contributed by atoms with Crippen molar-refractivity contribution in [3.8, 4) is 0 Å². The van der Waals surface area contributed by atoms with E-state index in [9.17, 15) is 9.59 Å². The summed E-state index contributed by atoms with van der Waals surface area (Å²) < 4.78 is 12.8. The molecule has 2 heterocycles. The maximum Gasteiger partial charge on any atom is 0.330 e. The highest BCUT2D eigenvalue weighted by molar-refractivity contribution is 5.02. The highest BCUT2D eigenvalue weighted by Gasteiger charge is 2.37. The summed E-state index contributed by atoms with van der Waals surface area (Å²) >= 11 is 0. The van der Waals surface area contributed by atoms with Crippen LogP contribution in [0.4, 0.5) is 0 Å². The van der Waals surface area contributed by atoms with Gasteiger partial charge < -0.3 is 9.47 Å². The van der Waals surface area contributed by atoms with Crippen LogP contribution in [0.5, 0.6) is 0 Å². The maximum atomic E-state index is 12.0. The fourth-order valence-electron chi connectivity index (χ4n) is 2.36. The van der Waals surface area contributed by atoms with E-state index in [1.807, 2.05) is 20.8 Å². The number of aromatic nitrogens is 2. The third-order valence-electron chi connectivity index (χ3n) is 3.54. The molecule has 9 heteroatoms. The van der Waals surface area contributed by atoms with E-state index in [2.05, 4.69) is 15.0 Å². The highest BCUT2D eigenvalue weighted by Crippen LogP contribution is 2.31. The van der Waals surface area contributed by atoms with Crippen LogP contribution >= 0.6 is 0 Å². The second-order valence-corrected chi connectivity index (χ2v) is 6.54. The van der Waals surface area contributed by atoms with Crippen LogP contribution in [0, 0.1) is 6.92 Å². The number of rotatable bonds is 4. The van der Waals surface area contributed by atoms with Gasteiger partial charge in [0.1, 0.15) is 6.23 Å². The minimum Gasteiger partial charge on any atom is -0.373 e. The van der Waals surface area contributed by atoms with Gasteiger partial charge in [-0.15, -0.1) is 0 Å². The molecule has 1 aliphatic rings. The zero-order valence-corrected chi connectivity index (χ0v) is 13.6. The normalized spacial score (nSPS) is 24.4. The lowest BCUT2D eigenvalue weighted by Crippen LogP contribution is -2.34. The molecule has 1 saturated heterocycles. The fraction of sp³-hybridized carbons (Fsp3) is 0.714. The van der Waals surface area contributed by atoms with Gasteiger partial charge in [0.15, 0.2) is 0 Å². The van der Waals surface area contributed by atoms with Crippen LogP contribution in [0.1, 0.15) is 39.0 Å². The van der Waals surface area contributed by atoms with E-state index in [4.69, 9.17) is 15.0 Å². The molecule has 0 saturated carbocycles. The second-order valence-electron chi connectivity index (χ2n) is 6.54. The lowest BCUT2D eigenvalue weighted by molar-refractivity contribution is -0.0855. The van der Waals surface area contributed by atoms with E-state index in [1.165, 1.54) is 10.8 Å². The Morgan fingerprint density at radius 1 is 1.52 bits per heavy atom. The van der Waals surface area contributed by atoms with Crippen LogP contribution in [-0.4, -0.2) is 33.9 Å². The standard InChI is InChI=1S/C14H21N5O4/c1-8-6-19(13(21)16-12(8)20)11-5-9(17-18-15)10(23-11)7-22-14(2,3)4/h6,9-11H,5,7H2,1-4H3,(H,16,20,21)/t9?,10-,11-/m1/s1. The smallest absolute Gasteiger partial charge is 0.330 e. The first kappa shape index (κ1) is 17.3. The molecule has 0 aliphatic carbocycles. The van der Waals surface area contributed by atoms with Gasteiger partial charge in [0, 0.05) is 23.1 Å². The SMILES string of the molecule is Cc1cn([C@H]2CC(N=[N+]=[N-])[C@@H](COC(C)(C)C)O2)c(=O)[nH]c1=O. The van der Waals surface area contributed by atoms with Gasteiger partial charge in [-0.05, 0) is 33.2 Å². The van der Waals surface area contributed by atoms with Crippen LogP contribution in [0.15, 0.2) is 20.9 Å².